The molecule has 0 bridgehead atoms. The number of rotatable bonds is 2. The number of carbonyl (C=O) groups is 2. The molecule has 0 saturated heterocycles. The van der Waals surface area contributed by atoms with Crippen LogP contribution in [0.2, 0.25) is 0 Å². The monoisotopic (exact) mass is 230 g/mol. The molecule has 0 atom stereocenters. The predicted molar refractivity (Wildman–Crippen MR) is 56.4 cm³/mol. The Labute approximate surface area is 93.6 Å². The lowest BCUT2D eigenvalue weighted by Gasteiger charge is -2.00. The average molecular weight is 231 g/mol. The molecule has 0 aliphatic carbocycles. The highest BCUT2D eigenvalue weighted by Crippen LogP contribution is 2.06. The van der Waals surface area contributed by atoms with Crippen molar-refractivity contribution in [3.8, 4) is 0 Å². The van der Waals surface area contributed by atoms with Crippen molar-refractivity contribution in [1.82, 2.24) is 0 Å². The van der Waals surface area contributed by atoms with Crippen molar-refractivity contribution in [2.45, 2.75) is 0 Å². The quantitative estimate of drug-likeness (QED) is 0.726. The summed E-state index contributed by atoms with van der Waals surface area (Å²) in [5.41, 5.74) is 0.806. The molecule has 1 rings (SSSR count). The summed E-state index contributed by atoms with van der Waals surface area (Å²) in [5, 5.41) is 0. The van der Waals surface area contributed by atoms with Gasteiger partial charge in [0.15, 0.2) is 0 Å². The van der Waals surface area contributed by atoms with Crippen LogP contribution in [0.5, 0.6) is 0 Å². The highest BCUT2D eigenvalue weighted by Gasteiger charge is 2.08. The summed E-state index contributed by atoms with van der Waals surface area (Å²) < 4.78 is 9.02. The first-order valence-corrected chi connectivity index (χ1v) is 3.95. The van der Waals surface area contributed by atoms with Crippen LogP contribution >= 0.6 is 12.4 Å². The third-order valence-electron chi connectivity index (χ3n) is 1.73. The van der Waals surface area contributed by atoms with Crippen LogP contribution in [-0.4, -0.2) is 26.2 Å². The second-order valence-corrected chi connectivity index (χ2v) is 2.56. The lowest BCUT2D eigenvalue weighted by atomic mass is 10.1. The van der Waals surface area contributed by atoms with E-state index in [-0.39, 0.29) is 12.4 Å². The number of hydrogen-bond acceptors (Lipinski definition) is 4. The minimum Gasteiger partial charge on any atom is -0.465 e. The number of benzene rings is 1. The third kappa shape index (κ3) is 3.25. The van der Waals surface area contributed by atoms with Crippen molar-refractivity contribution < 1.29 is 19.1 Å². The van der Waals surface area contributed by atoms with Crippen molar-refractivity contribution in [3.05, 3.63) is 35.4 Å². The second-order valence-electron chi connectivity index (χ2n) is 2.56. The molecule has 5 heteroatoms. The van der Waals surface area contributed by atoms with E-state index in [1.807, 2.05) is 0 Å². The number of ether oxygens (including phenoxy) is 2. The molecule has 0 heterocycles. The minimum absolute atomic E-state index is 0. The van der Waals surface area contributed by atoms with Gasteiger partial charge in [-0.15, -0.1) is 12.4 Å². The lowest BCUT2D eigenvalue weighted by molar-refractivity contribution is 0.0586. The molecule has 0 aromatic heterocycles. The zero-order chi connectivity index (χ0) is 10.6. The van der Waals surface area contributed by atoms with Gasteiger partial charge in [-0.25, -0.2) is 9.59 Å². The Morgan fingerprint density at radius 2 is 1.13 bits per heavy atom. The Balaban J connectivity index is 0.00000196. The number of esters is 2. The predicted octanol–water partition coefficient (Wildman–Crippen LogP) is 1.68. The maximum Gasteiger partial charge on any atom is 0.337 e. The van der Waals surface area contributed by atoms with Gasteiger partial charge in [-0.3, -0.25) is 0 Å². The highest BCUT2D eigenvalue weighted by atomic mass is 35.5. The van der Waals surface area contributed by atoms with Gasteiger partial charge in [0.2, 0.25) is 0 Å². The fraction of sp³-hybridized carbons (Fsp3) is 0.200. The molecule has 1 aromatic rings. The molecule has 0 fully saturated rings. The summed E-state index contributed by atoms with van der Waals surface area (Å²) in [5.74, 6) is -0.858. The molecule has 0 spiro atoms. The molecule has 1 aromatic carbocycles. The molecule has 0 saturated carbocycles. The van der Waals surface area contributed by atoms with Gasteiger partial charge in [0.25, 0.3) is 0 Å². The van der Waals surface area contributed by atoms with Crippen LogP contribution in [0.15, 0.2) is 24.3 Å². The van der Waals surface area contributed by atoms with Crippen molar-refractivity contribution >= 4 is 24.3 Å². The molecule has 0 unspecified atom stereocenters. The molecular weight excluding hydrogens is 220 g/mol. The fourth-order valence-corrected chi connectivity index (χ4v) is 0.978. The maximum absolute atomic E-state index is 11.0. The van der Waals surface area contributed by atoms with Crippen LogP contribution in [0, 0.1) is 0 Å². The summed E-state index contributed by atoms with van der Waals surface area (Å²) in [6.45, 7) is 0. The van der Waals surface area contributed by atoms with E-state index in [1.54, 1.807) is 0 Å². The van der Waals surface area contributed by atoms with Crippen LogP contribution in [0.3, 0.4) is 0 Å². The van der Waals surface area contributed by atoms with Crippen LogP contribution in [0.4, 0.5) is 0 Å². The largest absolute Gasteiger partial charge is 0.465 e. The van der Waals surface area contributed by atoms with Crippen molar-refractivity contribution in [1.29, 1.82) is 0 Å². The molecule has 4 nitrogen and oxygen atoms in total. The van der Waals surface area contributed by atoms with Crippen molar-refractivity contribution in [2.75, 3.05) is 14.2 Å². The summed E-state index contributed by atoms with van der Waals surface area (Å²) in [7, 11) is 2.60. The van der Waals surface area contributed by atoms with Crippen LogP contribution in [0.1, 0.15) is 20.7 Å². The lowest BCUT2D eigenvalue weighted by Crippen LogP contribution is -2.04. The van der Waals surface area contributed by atoms with E-state index in [2.05, 4.69) is 9.47 Å². The zero-order valence-corrected chi connectivity index (χ0v) is 9.17. The van der Waals surface area contributed by atoms with Crippen molar-refractivity contribution in [3.63, 3.8) is 0 Å². The molecule has 0 N–H and O–H groups in total. The van der Waals surface area contributed by atoms with Gasteiger partial charge in [-0.1, -0.05) is 0 Å². The number of carbonyl (C=O) groups excluding carboxylic acids is 2. The minimum atomic E-state index is -0.429. The Morgan fingerprint density at radius 1 is 0.867 bits per heavy atom. The molecule has 82 valence electrons. The number of hydrogen-bond donors (Lipinski definition) is 0. The van der Waals surface area contributed by atoms with Gasteiger partial charge in [-0.05, 0) is 24.3 Å². The Kier molecular flexibility index (Phi) is 5.41. The average Bonchev–Trinajstić information content (AvgIpc) is 2.27. The highest BCUT2D eigenvalue weighted by molar-refractivity contribution is 5.93. The van der Waals surface area contributed by atoms with E-state index in [9.17, 15) is 9.59 Å². The first kappa shape index (κ1) is 13.4. The molecule has 0 aliphatic rings. The SMILES string of the molecule is COC(=O)c1ccc(C(=O)OC)cc1.Cl. The summed E-state index contributed by atoms with van der Waals surface area (Å²) in [6, 6.07) is 6.05. The van der Waals surface area contributed by atoms with Crippen molar-refractivity contribution in [2.24, 2.45) is 0 Å². The molecule has 0 radical (unpaired) electrons. The van der Waals surface area contributed by atoms with Gasteiger partial charge < -0.3 is 9.47 Å². The van der Waals surface area contributed by atoms with Gasteiger partial charge in [0.1, 0.15) is 0 Å². The van der Waals surface area contributed by atoms with Crippen LogP contribution in [-0.2, 0) is 9.47 Å². The van der Waals surface area contributed by atoms with Gasteiger partial charge in [0, 0.05) is 0 Å². The van der Waals surface area contributed by atoms with E-state index < -0.39 is 11.9 Å². The van der Waals surface area contributed by atoms with Gasteiger partial charge >= 0.3 is 11.9 Å². The van der Waals surface area contributed by atoms with Gasteiger partial charge in [-0.2, -0.15) is 0 Å². The summed E-state index contributed by atoms with van der Waals surface area (Å²) >= 11 is 0. The molecular formula is C10H11ClO4. The Hall–Kier alpha value is -1.55. The molecule has 0 aliphatic heterocycles. The first-order chi connectivity index (χ1) is 6.69. The maximum atomic E-state index is 11.0. The molecule has 0 amide bonds. The Bertz CT molecular complexity index is 310. The van der Waals surface area contributed by atoms with E-state index in [0.717, 1.165) is 0 Å². The third-order valence-corrected chi connectivity index (χ3v) is 1.73. The van der Waals surface area contributed by atoms with E-state index >= 15 is 0 Å². The standard InChI is InChI=1S/C10H10O4.ClH/c1-13-9(11)7-3-5-8(6-4-7)10(12)14-2;/h3-6H,1-2H3;1H. The topological polar surface area (TPSA) is 52.6 Å². The Morgan fingerprint density at radius 3 is 1.33 bits per heavy atom. The smallest absolute Gasteiger partial charge is 0.337 e. The normalized spacial score (nSPS) is 8.67. The van der Waals surface area contributed by atoms with E-state index in [4.69, 9.17) is 0 Å². The zero-order valence-electron chi connectivity index (χ0n) is 8.35. The first-order valence-electron chi connectivity index (χ1n) is 3.95. The number of methoxy groups -OCH3 is 2. The van der Waals surface area contributed by atoms with Crippen LogP contribution in [0.25, 0.3) is 0 Å². The second kappa shape index (κ2) is 6.03. The van der Waals surface area contributed by atoms with E-state index in [1.165, 1.54) is 38.5 Å². The van der Waals surface area contributed by atoms with Crippen LogP contribution < -0.4 is 0 Å². The number of halogens is 1. The van der Waals surface area contributed by atoms with Gasteiger partial charge in [0.05, 0.1) is 25.3 Å². The fourth-order valence-electron chi connectivity index (χ4n) is 0.978. The molecule has 15 heavy (non-hydrogen) atoms. The summed E-state index contributed by atoms with van der Waals surface area (Å²) in [6.07, 6.45) is 0. The van der Waals surface area contributed by atoms with E-state index in [0.29, 0.717) is 11.1 Å². The summed E-state index contributed by atoms with van der Waals surface area (Å²) in [4.78, 5) is 22.1.